The smallest absolute Gasteiger partial charge is 0.387 e. The van der Waals surface area contributed by atoms with E-state index in [1.165, 1.54) is 24.5 Å². The van der Waals surface area contributed by atoms with Crippen molar-refractivity contribution in [3.8, 4) is 17.2 Å². The van der Waals surface area contributed by atoms with E-state index in [9.17, 15) is 13.6 Å². The van der Waals surface area contributed by atoms with Crippen LogP contribution >= 0.6 is 35.0 Å². The lowest BCUT2D eigenvalue weighted by Gasteiger charge is -2.38. The number of pyridine rings is 1. The fourth-order valence-corrected chi connectivity index (χ4v) is 4.89. The monoisotopic (exact) mass is 461 g/mol. The van der Waals surface area contributed by atoms with Crippen molar-refractivity contribution >= 4 is 40.7 Å². The van der Waals surface area contributed by atoms with Crippen LogP contribution in [-0.4, -0.2) is 42.1 Å². The van der Waals surface area contributed by atoms with Crippen LogP contribution in [0.15, 0.2) is 24.5 Å². The van der Waals surface area contributed by atoms with Gasteiger partial charge in [-0.1, -0.05) is 29.3 Å². The van der Waals surface area contributed by atoms with Crippen molar-refractivity contribution in [1.82, 2.24) is 4.98 Å². The molecule has 1 spiro atoms. The number of nitrogens with zero attached hydrogens (tertiary/aromatic N) is 1. The number of benzene rings is 1. The van der Waals surface area contributed by atoms with Gasteiger partial charge in [0.05, 0.1) is 34.2 Å². The Bertz CT molecular complexity index is 936. The first-order chi connectivity index (χ1) is 13.9. The van der Waals surface area contributed by atoms with Crippen molar-refractivity contribution in [2.24, 2.45) is 5.41 Å². The van der Waals surface area contributed by atoms with Gasteiger partial charge >= 0.3 is 6.61 Å². The molecule has 154 valence electrons. The minimum Gasteiger partial charge on any atom is -0.488 e. The summed E-state index contributed by atoms with van der Waals surface area (Å²) in [7, 11) is 0. The maximum atomic E-state index is 12.8. The molecule has 3 heterocycles. The average molecular weight is 462 g/mol. The van der Waals surface area contributed by atoms with Gasteiger partial charge in [-0.2, -0.15) is 20.5 Å². The second-order valence-electron chi connectivity index (χ2n) is 6.91. The number of thioether (sulfide) groups is 1. The number of halogens is 4. The van der Waals surface area contributed by atoms with Gasteiger partial charge in [0.15, 0.2) is 17.3 Å². The van der Waals surface area contributed by atoms with E-state index >= 15 is 0 Å². The Labute approximate surface area is 179 Å². The van der Waals surface area contributed by atoms with Crippen molar-refractivity contribution in [2.45, 2.75) is 13.0 Å². The summed E-state index contributed by atoms with van der Waals surface area (Å²) in [4.78, 5) is 16.7. The number of hydrogen-bond donors (Lipinski definition) is 0. The van der Waals surface area contributed by atoms with Crippen LogP contribution in [0.3, 0.4) is 0 Å². The molecule has 0 aliphatic carbocycles. The fraction of sp³-hybridized carbons (Fsp3) is 0.368. The Morgan fingerprint density at radius 1 is 1.17 bits per heavy atom. The lowest BCUT2D eigenvalue weighted by molar-refractivity contribution is -0.0517. The maximum absolute atomic E-state index is 12.8. The Morgan fingerprint density at radius 3 is 2.41 bits per heavy atom. The molecular weight excluding hydrogens is 447 g/mol. The highest BCUT2D eigenvalue weighted by Crippen LogP contribution is 2.48. The van der Waals surface area contributed by atoms with Gasteiger partial charge in [-0.15, -0.1) is 0 Å². The number of carbonyl (C=O) groups excluding carboxylic acids is 1. The van der Waals surface area contributed by atoms with Crippen LogP contribution in [0.4, 0.5) is 8.78 Å². The number of carbonyl (C=O) groups is 1. The SMILES string of the molecule is O=C(Cc1ccc(OC(F)F)c2c1OCC1(CO2)CSC1)c1c(Cl)cncc1Cl. The van der Waals surface area contributed by atoms with Gasteiger partial charge in [0.2, 0.25) is 5.75 Å². The normalized spacial score (nSPS) is 17.0. The number of fused-ring (bicyclic) bond motifs is 1. The topological polar surface area (TPSA) is 57.7 Å². The fourth-order valence-electron chi connectivity index (χ4n) is 3.20. The molecule has 2 aliphatic rings. The molecule has 0 unspecified atom stereocenters. The van der Waals surface area contributed by atoms with Crippen molar-refractivity contribution < 1.29 is 27.8 Å². The second-order valence-corrected chi connectivity index (χ2v) is 8.71. The number of alkyl halides is 2. The molecule has 2 aliphatic heterocycles. The Balaban J connectivity index is 1.68. The van der Waals surface area contributed by atoms with E-state index in [0.717, 1.165) is 11.5 Å². The van der Waals surface area contributed by atoms with Crippen molar-refractivity contribution in [2.75, 3.05) is 24.7 Å². The van der Waals surface area contributed by atoms with Crippen LogP contribution in [0.25, 0.3) is 0 Å². The minimum atomic E-state index is -3.01. The first kappa shape index (κ1) is 20.5. The van der Waals surface area contributed by atoms with Gasteiger partial charge in [-0.3, -0.25) is 9.78 Å². The third-order valence-corrected chi connectivity index (χ3v) is 6.92. The standard InChI is InChI=1S/C19H15Cl2F2NO4S/c20-11-4-24-5-12(21)15(11)13(25)3-10-1-2-14(28-18(22)23)17-16(10)26-6-19(7-27-17)8-29-9-19/h1-2,4-5,18H,3,6-9H2. The van der Waals surface area contributed by atoms with E-state index < -0.39 is 6.61 Å². The van der Waals surface area contributed by atoms with Crippen LogP contribution in [0.2, 0.25) is 10.0 Å². The van der Waals surface area contributed by atoms with Gasteiger partial charge in [-0.25, -0.2) is 0 Å². The molecule has 1 saturated heterocycles. The summed E-state index contributed by atoms with van der Waals surface area (Å²) in [6.45, 7) is -2.32. The highest BCUT2D eigenvalue weighted by Gasteiger charge is 2.42. The summed E-state index contributed by atoms with van der Waals surface area (Å²) in [5.41, 5.74) is 0.441. The molecule has 29 heavy (non-hydrogen) atoms. The highest BCUT2D eigenvalue weighted by molar-refractivity contribution is 8.00. The quantitative estimate of drug-likeness (QED) is 0.589. The molecule has 0 bridgehead atoms. The van der Waals surface area contributed by atoms with Crippen LogP contribution in [-0.2, 0) is 6.42 Å². The third kappa shape index (κ3) is 4.11. The van der Waals surface area contributed by atoms with Gasteiger partial charge < -0.3 is 14.2 Å². The molecule has 0 amide bonds. The zero-order valence-corrected chi connectivity index (χ0v) is 17.3. The van der Waals surface area contributed by atoms with Crippen LogP contribution in [0.5, 0.6) is 17.2 Å². The lowest BCUT2D eigenvalue weighted by Crippen LogP contribution is -2.45. The Kier molecular flexibility index (Phi) is 5.77. The van der Waals surface area contributed by atoms with E-state index in [-0.39, 0.29) is 50.5 Å². The maximum Gasteiger partial charge on any atom is 0.387 e. The molecule has 4 rings (SSSR count). The molecule has 10 heteroatoms. The van der Waals surface area contributed by atoms with E-state index in [4.69, 9.17) is 32.7 Å². The van der Waals surface area contributed by atoms with E-state index in [2.05, 4.69) is 9.72 Å². The van der Waals surface area contributed by atoms with Crippen LogP contribution < -0.4 is 14.2 Å². The van der Waals surface area contributed by atoms with Crippen molar-refractivity contribution in [3.63, 3.8) is 0 Å². The molecule has 1 fully saturated rings. The number of Topliss-reactive ketones (excluding diaryl/α,β-unsaturated/α-hetero) is 1. The number of hydrogen-bond acceptors (Lipinski definition) is 6. The molecule has 0 N–H and O–H groups in total. The molecule has 0 atom stereocenters. The molecule has 2 aromatic rings. The summed E-state index contributed by atoms with van der Waals surface area (Å²) in [6, 6.07) is 2.86. The Morgan fingerprint density at radius 2 is 1.83 bits per heavy atom. The molecule has 5 nitrogen and oxygen atoms in total. The van der Waals surface area contributed by atoms with Gasteiger partial charge in [0.1, 0.15) is 0 Å². The Hall–Kier alpha value is -1.77. The number of rotatable bonds is 5. The van der Waals surface area contributed by atoms with Crippen LogP contribution in [0, 0.1) is 5.41 Å². The summed E-state index contributed by atoms with van der Waals surface area (Å²) in [6.07, 6.45) is 2.56. The summed E-state index contributed by atoms with van der Waals surface area (Å²) in [5.74, 6) is 1.53. The molecular formula is C19H15Cl2F2NO4S. The van der Waals surface area contributed by atoms with E-state index in [1.54, 1.807) is 11.8 Å². The van der Waals surface area contributed by atoms with E-state index in [0.29, 0.717) is 18.8 Å². The summed E-state index contributed by atoms with van der Waals surface area (Å²) in [5, 5.41) is 0.266. The predicted molar refractivity (Wildman–Crippen MR) is 106 cm³/mol. The minimum absolute atomic E-state index is 0.0799. The largest absolute Gasteiger partial charge is 0.488 e. The predicted octanol–water partition coefficient (Wildman–Crippen LogP) is 4.92. The number of ether oxygens (including phenoxy) is 3. The highest BCUT2D eigenvalue weighted by atomic mass is 35.5. The molecule has 1 aromatic heterocycles. The summed E-state index contributed by atoms with van der Waals surface area (Å²) >= 11 is 13.9. The summed E-state index contributed by atoms with van der Waals surface area (Å²) < 4.78 is 42.1. The van der Waals surface area contributed by atoms with Crippen molar-refractivity contribution in [3.05, 3.63) is 45.7 Å². The molecule has 0 radical (unpaired) electrons. The van der Waals surface area contributed by atoms with Crippen molar-refractivity contribution in [1.29, 1.82) is 0 Å². The number of ketones is 1. The molecule has 0 saturated carbocycles. The zero-order valence-electron chi connectivity index (χ0n) is 14.9. The van der Waals surface area contributed by atoms with Gasteiger partial charge in [-0.05, 0) is 6.07 Å². The van der Waals surface area contributed by atoms with Gasteiger partial charge in [0, 0.05) is 35.9 Å². The second kappa shape index (κ2) is 8.16. The van der Waals surface area contributed by atoms with Crippen LogP contribution in [0.1, 0.15) is 15.9 Å². The average Bonchev–Trinajstić information content (AvgIpc) is 2.84. The first-order valence-electron chi connectivity index (χ1n) is 8.65. The third-order valence-electron chi connectivity index (χ3n) is 4.72. The zero-order chi connectivity index (χ0) is 20.6. The molecule has 1 aromatic carbocycles. The first-order valence-corrected chi connectivity index (χ1v) is 10.6. The number of aromatic nitrogens is 1. The van der Waals surface area contributed by atoms with Gasteiger partial charge in [0.25, 0.3) is 0 Å². The lowest BCUT2D eigenvalue weighted by atomic mass is 9.94. The van der Waals surface area contributed by atoms with E-state index in [1.807, 2.05) is 0 Å².